The molecule has 2 nitrogen and oxygen atoms in total. The van der Waals surface area contributed by atoms with Gasteiger partial charge in [0.1, 0.15) is 0 Å². The summed E-state index contributed by atoms with van der Waals surface area (Å²) in [6.45, 7) is 4.20. The van der Waals surface area contributed by atoms with Gasteiger partial charge >= 0.3 is 0 Å². The van der Waals surface area contributed by atoms with Gasteiger partial charge in [0.05, 0.1) is 18.8 Å². The van der Waals surface area contributed by atoms with Gasteiger partial charge in [0.2, 0.25) is 0 Å². The lowest BCUT2D eigenvalue weighted by Gasteiger charge is -2.24. The third-order valence-corrected chi connectivity index (χ3v) is 1.67. The fourth-order valence-electron chi connectivity index (χ4n) is 1.32. The maximum absolute atomic E-state index is 8.76. The van der Waals surface area contributed by atoms with E-state index in [2.05, 4.69) is 6.92 Å². The van der Waals surface area contributed by atoms with Crippen LogP contribution in [0.3, 0.4) is 0 Å². The average Bonchev–Trinajstić information content (AvgIpc) is 1.85. The molecule has 0 aromatic heterocycles. The number of aliphatic hydroxyl groups is 1. The smallest absolute Gasteiger partial charge is 0.0992 e. The predicted octanol–water partition coefficient (Wildman–Crippen LogP) is 1.10. The van der Waals surface area contributed by atoms with Crippen molar-refractivity contribution >= 4 is 0 Å². The third-order valence-electron chi connectivity index (χ3n) is 1.67. The van der Waals surface area contributed by atoms with E-state index in [1.165, 1.54) is 5.57 Å². The van der Waals surface area contributed by atoms with Crippen LogP contribution in [0, 0.1) is 0 Å². The van der Waals surface area contributed by atoms with Crippen molar-refractivity contribution in [1.29, 1.82) is 0 Å². The largest absolute Gasteiger partial charge is 0.393 e. The second kappa shape index (κ2) is 3.17. The van der Waals surface area contributed by atoms with Crippen molar-refractivity contribution in [3.63, 3.8) is 0 Å². The number of ether oxygens (including phenoxy) is 1. The zero-order valence-corrected chi connectivity index (χ0v) is 6.50. The molecule has 1 N–H and O–H groups in total. The normalized spacial score (nSPS) is 33.7. The van der Waals surface area contributed by atoms with Crippen LogP contribution in [-0.4, -0.2) is 23.9 Å². The minimum Gasteiger partial charge on any atom is -0.393 e. The van der Waals surface area contributed by atoms with Gasteiger partial charge < -0.3 is 9.84 Å². The first-order chi connectivity index (χ1) is 4.72. The van der Waals surface area contributed by atoms with E-state index < -0.39 is 0 Å². The molecule has 2 atom stereocenters. The van der Waals surface area contributed by atoms with Crippen LogP contribution in [0.15, 0.2) is 11.6 Å². The van der Waals surface area contributed by atoms with E-state index >= 15 is 0 Å². The molecule has 2 heteroatoms. The summed E-state index contributed by atoms with van der Waals surface area (Å²) in [5.41, 5.74) is 1.32. The van der Waals surface area contributed by atoms with Crippen molar-refractivity contribution in [2.45, 2.75) is 32.5 Å². The molecule has 0 aromatic rings. The van der Waals surface area contributed by atoms with Gasteiger partial charge in [-0.3, -0.25) is 0 Å². The fourth-order valence-corrected chi connectivity index (χ4v) is 1.32. The monoisotopic (exact) mass is 142 g/mol. The fraction of sp³-hybridized carbons (Fsp3) is 0.750. The zero-order chi connectivity index (χ0) is 7.56. The Morgan fingerprint density at radius 2 is 2.50 bits per heavy atom. The Morgan fingerprint density at radius 1 is 1.80 bits per heavy atom. The van der Waals surface area contributed by atoms with Crippen molar-refractivity contribution in [2.75, 3.05) is 6.61 Å². The highest BCUT2D eigenvalue weighted by Crippen LogP contribution is 2.17. The highest BCUT2D eigenvalue weighted by Gasteiger charge is 2.15. The summed E-state index contributed by atoms with van der Waals surface area (Å²) in [4.78, 5) is 0. The highest BCUT2D eigenvalue weighted by molar-refractivity contribution is 5.06. The van der Waals surface area contributed by atoms with Crippen LogP contribution in [0.25, 0.3) is 0 Å². The van der Waals surface area contributed by atoms with Gasteiger partial charge in [-0.05, 0) is 20.3 Å². The summed E-state index contributed by atoms with van der Waals surface area (Å²) in [5, 5.41) is 8.76. The maximum atomic E-state index is 8.76. The molecule has 0 aromatic carbocycles. The van der Waals surface area contributed by atoms with E-state index in [4.69, 9.17) is 9.84 Å². The molecule has 58 valence electrons. The summed E-state index contributed by atoms with van der Waals surface area (Å²) in [6.07, 6.45) is 3.18. The number of aliphatic hydroxyl groups excluding tert-OH is 1. The number of hydrogen-bond acceptors (Lipinski definition) is 2. The lowest BCUT2D eigenvalue weighted by molar-refractivity contribution is -0.0135. The van der Waals surface area contributed by atoms with Gasteiger partial charge in [-0.15, -0.1) is 0 Å². The van der Waals surface area contributed by atoms with Gasteiger partial charge in [-0.1, -0.05) is 11.6 Å². The topological polar surface area (TPSA) is 29.5 Å². The average molecular weight is 142 g/mol. The molecule has 0 amide bonds. The molecule has 0 aliphatic carbocycles. The van der Waals surface area contributed by atoms with E-state index in [0.717, 1.165) is 6.42 Å². The van der Waals surface area contributed by atoms with Gasteiger partial charge in [-0.25, -0.2) is 0 Å². The van der Waals surface area contributed by atoms with Crippen molar-refractivity contribution < 1.29 is 9.84 Å². The molecule has 1 aliphatic rings. The van der Waals surface area contributed by atoms with Crippen LogP contribution >= 0.6 is 0 Å². The highest BCUT2D eigenvalue weighted by atomic mass is 16.5. The lowest BCUT2D eigenvalue weighted by atomic mass is 10.1. The molecule has 1 rings (SSSR count). The van der Waals surface area contributed by atoms with Gasteiger partial charge in [-0.2, -0.15) is 0 Å². The Kier molecular flexibility index (Phi) is 2.46. The van der Waals surface area contributed by atoms with E-state index in [-0.39, 0.29) is 18.8 Å². The van der Waals surface area contributed by atoms with E-state index in [9.17, 15) is 0 Å². The predicted molar refractivity (Wildman–Crippen MR) is 39.8 cm³/mol. The van der Waals surface area contributed by atoms with Gasteiger partial charge in [0, 0.05) is 0 Å². The Hall–Kier alpha value is -0.340. The van der Waals surface area contributed by atoms with Crippen molar-refractivity contribution in [2.24, 2.45) is 0 Å². The molecular weight excluding hydrogens is 128 g/mol. The van der Waals surface area contributed by atoms with Crippen LogP contribution in [-0.2, 0) is 4.74 Å². The number of rotatable bonds is 1. The summed E-state index contributed by atoms with van der Waals surface area (Å²) in [5.74, 6) is 0. The van der Waals surface area contributed by atoms with Crippen LogP contribution in [0.5, 0.6) is 0 Å². The quantitative estimate of drug-likeness (QED) is 0.555. The summed E-state index contributed by atoms with van der Waals surface area (Å²) >= 11 is 0. The molecule has 0 spiro atoms. The zero-order valence-electron chi connectivity index (χ0n) is 6.50. The van der Waals surface area contributed by atoms with Crippen molar-refractivity contribution in [1.82, 2.24) is 0 Å². The first-order valence-corrected chi connectivity index (χ1v) is 3.66. The molecular formula is C8H14O2. The molecule has 1 heterocycles. The standard InChI is InChI=1S/C8H14O2/c1-6-3-7(2)10-8(4-6)5-9/h4,7-9H,3,5H2,1-2H3/t7-,8-/m0/s1. The van der Waals surface area contributed by atoms with Crippen LogP contribution in [0.1, 0.15) is 20.3 Å². The van der Waals surface area contributed by atoms with Crippen LogP contribution < -0.4 is 0 Å². The van der Waals surface area contributed by atoms with Crippen LogP contribution in [0.2, 0.25) is 0 Å². The lowest BCUT2D eigenvalue weighted by Crippen LogP contribution is -2.26. The molecule has 10 heavy (non-hydrogen) atoms. The Labute approximate surface area is 61.5 Å². The first-order valence-electron chi connectivity index (χ1n) is 3.66. The Bertz CT molecular complexity index is 140. The van der Waals surface area contributed by atoms with Crippen molar-refractivity contribution in [3.8, 4) is 0 Å². The van der Waals surface area contributed by atoms with E-state index in [1.54, 1.807) is 0 Å². The summed E-state index contributed by atoms with van der Waals surface area (Å²) < 4.78 is 5.38. The Morgan fingerprint density at radius 3 is 3.00 bits per heavy atom. The molecule has 0 fully saturated rings. The van der Waals surface area contributed by atoms with E-state index in [1.807, 2.05) is 13.0 Å². The third kappa shape index (κ3) is 1.82. The molecule has 0 unspecified atom stereocenters. The van der Waals surface area contributed by atoms with Gasteiger partial charge in [0.25, 0.3) is 0 Å². The van der Waals surface area contributed by atoms with E-state index in [0.29, 0.717) is 0 Å². The van der Waals surface area contributed by atoms with Gasteiger partial charge in [0.15, 0.2) is 0 Å². The SMILES string of the molecule is CC1=C[C@@H](CO)O[C@@H](C)C1. The molecule has 0 bridgehead atoms. The Balaban J connectivity index is 2.55. The molecule has 0 radical (unpaired) electrons. The minimum absolute atomic E-state index is 0.0660. The molecule has 0 saturated carbocycles. The maximum Gasteiger partial charge on any atom is 0.0992 e. The number of hydrogen-bond donors (Lipinski definition) is 1. The second-order valence-electron chi connectivity index (χ2n) is 2.88. The molecule has 1 aliphatic heterocycles. The summed E-state index contributed by atoms with van der Waals surface area (Å²) in [7, 11) is 0. The minimum atomic E-state index is -0.0660. The first kappa shape index (κ1) is 7.76. The second-order valence-corrected chi connectivity index (χ2v) is 2.88. The van der Waals surface area contributed by atoms with Crippen molar-refractivity contribution in [3.05, 3.63) is 11.6 Å². The molecule has 0 saturated heterocycles. The summed E-state index contributed by atoms with van der Waals surface area (Å²) in [6, 6.07) is 0. The van der Waals surface area contributed by atoms with Crippen LogP contribution in [0.4, 0.5) is 0 Å².